The number of nitrogens with one attached hydrogen (secondary N) is 1. The molecule has 0 radical (unpaired) electrons. The summed E-state index contributed by atoms with van der Waals surface area (Å²) in [5.41, 5.74) is 0. The molecule has 0 saturated carbocycles. The third-order valence-corrected chi connectivity index (χ3v) is 5.60. The van der Waals surface area contributed by atoms with Gasteiger partial charge in [-0.2, -0.15) is 0 Å². The number of hydrogen-bond acceptors (Lipinski definition) is 4. The van der Waals surface area contributed by atoms with Crippen molar-refractivity contribution >= 4 is 21.6 Å². The first kappa shape index (κ1) is 15.7. The number of halogens is 1. The second-order valence-electron chi connectivity index (χ2n) is 5.23. The summed E-state index contributed by atoms with van der Waals surface area (Å²) in [4.78, 5) is 6.14. The van der Waals surface area contributed by atoms with Crippen LogP contribution < -0.4 is 4.72 Å². The highest BCUT2D eigenvalue weighted by Gasteiger charge is 2.20. The molecule has 1 aliphatic heterocycles. The van der Waals surface area contributed by atoms with Crippen LogP contribution >= 0.6 is 11.6 Å². The van der Waals surface area contributed by atoms with Gasteiger partial charge in [-0.1, -0.05) is 11.6 Å². The number of sulfonamides is 1. The molecular formula is C13H20ClN3O2S. The van der Waals surface area contributed by atoms with Gasteiger partial charge in [-0.05, 0) is 57.5 Å². The number of piperidine rings is 1. The van der Waals surface area contributed by atoms with Crippen molar-refractivity contribution in [3.05, 3.63) is 23.5 Å². The second-order valence-corrected chi connectivity index (χ2v) is 7.32. The molecule has 0 aliphatic carbocycles. The van der Waals surface area contributed by atoms with Gasteiger partial charge in [-0.25, -0.2) is 18.1 Å². The number of likely N-dealkylation sites (tertiary alicyclic amines) is 1. The molecular weight excluding hydrogens is 298 g/mol. The molecule has 0 aromatic carbocycles. The molecule has 1 aromatic rings. The summed E-state index contributed by atoms with van der Waals surface area (Å²) in [6.45, 7) is 2.62. The molecule has 5 nitrogen and oxygen atoms in total. The van der Waals surface area contributed by atoms with Crippen LogP contribution in [0.2, 0.25) is 5.15 Å². The summed E-state index contributed by atoms with van der Waals surface area (Å²) >= 11 is 5.82. The summed E-state index contributed by atoms with van der Waals surface area (Å²) in [5, 5.41) is 0.0132. The fourth-order valence-corrected chi connectivity index (χ4v) is 3.90. The van der Waals surface area contributed by atoms with Crippen LogP contribution in [0.5, 0.6) is 0 Å². The largest absolute Gasteiger partial charge is 0.306 e. The molecule has 0 bridgehead atoms. The summed E-state index contributed by atoms with van der Waals surface area (Å²) in [6.07, 6.45) is 4.60. The van der Waals surface area contributed by atoms with Crippen molar-refractivity contribution in [2.24, 2.45) is 5.92 Å². The monoisotopic (exact) mass is 317 g/mol. The maximum Gasteiger partial charge on any atom is 0.243 e. The first-order chi connectivity index (χ1) is 9.49. The lowest BCUT2D eigenvalue weighted by atomic mass is 9.94. The van der Waals surface area contributed by atoms with Crippen molar-refractivity contribution in [3.63, 3.8) is 0 Å². The summed E-state index contributed by atoms with van der Waals surface area (Å²) in [7, 11) is -1.44. The first-order valence-corrected chi connectivity index (χ1v) is 8.64. The maximum absolute atomic E-state index is 12.1. The zero-order chi connectivity index (χ0) is 14.6. The minimum atomic E-state index is -3.56. The Morgan fingerprint density at radius 3 is 2.80 bits per heavy atom. The fourth-order valence-electron chi connectivity index (χ4n) is 2.40. The Morgan fingerprint density at radius 2 is 2.15 bits per heavy atom. The molecule has 1 saturated heterocycles. The predicted molar refractivity (Wildman–Crippen MR) is 79.3 cm³/mol. The second kappa shape index (κ2) is 6.85. The van der Waals surface area contributed by atoms with E-state index in [1.54, 1.807) is 6.07 Å². The Hall–Kier alpha value is -0.690. The number of pyridine rings is 1. The van der Waals surface area contributed by atoms with Crippen LogP contribution in [0, 0.1) is 5.92 Å². The normalized spacial score (nSPS) is 18.3. The van der Waals surface area contributed by atoms with Crippen molar-refractivity contribution < 1.29 is 8.42 Å². The summed E-state index contributed by atoms with van der Waals surface area (Å²) < 4.78 is 26.8. The van der Waals surface area contributed by atoms with E-state index in [0.717, 1.165) is 32.4 Å². The molecule has 0 amide bonds. The van der Waals surface area contributed by atoms with E-state index in [9.17, 15) is 8.42 Å². The highest BCUT2D eigenvalue weighted by Crippen LogP contribution is 2.20. The SMILES string of the molecule is CN1CCC(CCNS(=O)(=O)c2cccnc2Cl)CC1. The van der Waals surface area contributed by atoms with Crippen LogP contribution in [-0.4, -0.2) is 45.0 Å². The molecule has 112 valence electrons. The topological polar surface area (TPSA) is 62.3 Å². The van der Waals surface area contributed by atoms with Crippen molar-refractivity contribution in [2.75, 3.05) is 26.7 Å². The average Bonchev–Trinajstić information content (AvgIpc) is 2.41. The molecule has 7 heteroatoms. The van der Waals surface area contributed by atoms with Gasteiger partial charge < -0.3 is 4.90 Å². The quantitative estimate of drug-likeness (QED) is 0.840. The van der Waals surface area contributed by atoms with Crippen LogP contribution in [0.3, 0.4) is 0 Å². The minimum Gasteiger partial charge on any atom is -0.306 e. The van der Waals surface area contributed by atoms with Crippen LogP contribution in [0.15, 0.2) is 23.2 Å². The molecule has 1 aliphatic rings. The molecule has 2 rings (SSSR count). The van der Waals surface area contributed by atoms with Gasteiger partial charge in [-0.15, -0.1) is 0 Å². The lowest BCUT2D eigenvalue weighted by molar-refractivity contribution is 0.213. The summed E-state index contributed by atoms with van der Waals surface area (Å²) in [5.74, 6) is 0.596. The van der Waals surface area contributed by atoms with Crippen LogP contribution in [-0.2, 0) is 10.0 Å². The van der Waals surface area contributed by atoms with E-state index in [1.165, 1.54) is 12.3 Å². The average molecular weight is 318 g/mol. The lowest BCUT2D eigenvalue weighted by Gasteiger charge is -2.28. The van der Waals surface area contributed by atoms with Crippen molar-refractivity contribution in [1.29, 1.82) is 0 Å². The minimum absolute atomic E-state index is 0.0132. The van der Waals surface area contributed by atoms with Gasteiger partial charge in [0.1, 0.15) is 10.0 Å². The van der Waals surface area contributed by atoms with Gasteiger partial charge in [-0.3, -0.25) is 0 Å². The van der Waals surface area contributed by atoms with E-state index >= 15 is 0 Å². The molecule has 2 heterocycles. The van der Waals surface area contributed by atoms with E-state index in [0.29, 0.717) is 12.5 Å². The highest BCUT2D eigenvalue weighted by molar-refractivity contribution is 7.89. The van der Waals surface area contributed by atoms with E-state index in [1.807, 2.05) is 0 Å². The maximum atomic E-state index is 12.1. The van der Waals surface area contributed by atoms with Crippen LogP contribution in [0.4, 0.5) is 0 Å². The fraction of sp³-hybridized carbons (Fsp3) is 0.615. The molecule has 0 unspecified atom stereocenters. The van der Waals surface area contributed by atoms with Crippen LogP contribution in [0.25, 0.3) is 0 Å². The molecule has 0 atom stereocenters. The van der Waals surface area contributed by atoms with Crippen molar-refractivity contribution in [3.8, 4) is 0 Å². The molecule has 1 N–H and O–H groups in total. The van der Waals surface area contributed by atoms with Crippen molar-refractivity contribution in [1.82, 2.24) is 14.6 Å². The first-order valence-electron chi connectivity index (χ1n) is 6.78. The Labute approximate surface area is 125 Å². The third kappa shape index (κ3) is 4.15. The van der Waals surface area contributed by atoms with E-state index in [4.69, 9.17) is 11.6 Å². The lowest BCUT2D eigenvalue weighted by Crippen LogP contribution is -2.32. The van der Waals surface area contributed by atoms with E-state index in [2.05, 4.69) is 21.7 Å². The van der Waals surface area contributed by atoms with Crippen molar-refractivity contribution in [2.45, 2.75) is 24.2 Å². The molecule has 1 fully saturated rings. The zero-order valence-corrected chi connectivity index (χ0v) is 13.1. The van der Waals surface area contributed by atoms with Gasteiger partial charge in [0.15, 0.2) is 0 Å². The number of hydrogen-bond donors (Lipinski definition) is 1. The Bertz CT molecular complexity index is 542. The Balaban J connectivity index is 1.86. The highest BCUT2D eigenvalue weighted by atomic mass is 35.5. The zero-order valence-electron chi connectivity index (χ0n) is 11.5. The molecule has 1 aromatic heterocycles. The molecule has 20 heavy (non-hydrogen) atoms. The van der Waals surface area contributed by atoms with E-state index < -0.39 is 10.0 Å². The van der Waals surface area contributed by atoms with Gasteiger partial charge in [0.25, 0.3) is 0 Å². The Kier molecular flexibility index (Phi) is 5.37. The van der Waals surface area contributed by atoms with Gasteiger partial charge in [0.05, 0.1) is 0 Å². The standard InChI is InChI=1S/C13H20ClN3O2S/c1-17-9-5-11(6-10-17)4-8-16-20(18,19)12-3-2-7-15-13(12)14/h2-3,7,11,16H,4-6,8-10H2,1H3. The number of aromatic nitrogens is 1. The smallest absolute Gasteiger partial charge is 0.243 e. The third-order valence-electron chi connectivity index (χ3n) is 3.70. The predicted octanol–water partition coefficient (Wildman–Crippen LogP) is 1.75. The summed E-state index contributed by atoms with van der Waals surface area (Å²) in [6, 6.07) is 3.03. The number of nitrogens with zero attached hydrogens (tertiary/aromatic N) is 2. The Morgan fingerprint density at radius 1 is 1.45 bits per heavy atom. The molecule has 0 spiro atoms. The van der Waals surface area contributed by atoms with Crippen LogP contribution in [0.1, 0.15) is 19.3 Å². The van der Waals surface area contributed by atoms with Gasteiger partial charge in [0.2, 0.25) is 10.0 Å². The number of rotatable bonds is 5. The van der Waals surface area contributed by atoms with Gasteiger partial charge in [0, 0.05) is 12.7 Å². The van der Waals surface area contributed by atoms with Gasteiger partial charge >= 0.3 is 0 Å². The van der Waals surface area contributed by atoms with E-state index in [-0.39, 0.29) is 10.0 Å².